The van der Waals surface area contributed by atoms with Crippen molar-refractivity contribution in [3.8, 4) is 17.0 Å². The molecule has 1 aromatic carbocycles. The Labute approximate surface area is 162 Å². The minimum absolute atomic E-state index is 0.0201. The number of benzene rings is 1. The largest absolute Gasteiger partial charge is 0.495 e. The monoisotopic (exact) mass is 403 g/mol. The molecular formula is C18H21N5O4S. The smallest absolute Gasteiger partial charge is 0.264 e. The van der Waals surface area contributed by atoms with Gasteiger partial charge in [0, 0.05) is 18.7 Å². The number of hydrogen-bond donors (Lipinski definition) is 2. The minimum atomic E-state index is -4.00. The topological polar surface area (TPSA) is 129 Å². The SMILES string of the molecule is COc1ccc(-c2cc3ncn(C)c(=O)c3c(NC(C)C)n2)cc1S(N)(=O)=O. The van der Waals surface area contributed by atoms with Crippen molar-refractivity contribution in [1.29, 1.82) is 0 Å². The molecule has 0 amide bonds. The van der Waals surface area contributed by atoms with Crippen molar-refractivity contribution in [2.24, 2.45) is 12.2 Å². The maximum absolute atomic E-state index is 12.6. The number of pyridine rings is 1. The molecule has 148 valence electrons. The average molecular weight is 403 g/mol. The van der Waals surface area contributed by atoms with Crippen LogP contribution in [0, 0.1) is 0 Å². The van der Waals surface area contributed by atoms with Gasteiger partial charge in [-0.2, -0.15) is 0 Å². The van der Waals surface area contributed by atoms with Crippen LogP contribution in [-0.4, -0.2) is 36.1 Å². The van der Waals surface area contributed by atoms with E-state index in [1.54, 1.807) is 19.2 Å². The number of primary sulfonamides is 1. The number of rotatable bonds is 5. The summed E-state index contributed by atoms with van der Waals surface area (Å²) in [6.45, 7) is 3.85. The number of ether oxygens (including phenoxy) is 1. The van der Waals surface area contributed by atoms with E-state index >= 15 is 0 Å². The molecule has 0 atom stereocenters. The van der Waals surface area contributed by atoms with Crippen LogP contribution < -0.4 is 20.8 Å². The normalized spacial score (nSPS) is 11.8. The Hall–Kier alpha value is -2.98. The van der Waals surface area contributed by atoms with E-state index in [9.17, 15) is 13.2 Å². The van der Waals surface area contributed by atoms with Crippen molar-refractivity contribution in [3.05, 3.63) is 40.9 Å². The molecule has 3 N–H and O–H groups in total. The summed E-state index contributed by atoms with van der Waals surface area (Å²) in [6.07, 6.45) is 1.43. The van der Waals surface area contributed by atoms with Crippen LogP contribution >= 0.6 is 0 Å². The summed E-state index contributed by atoms with van der Waals surface area (Å²) in [5, 5.41) is 8.83. The summed E-state index contributed by atoms with van der Waals surface area (Å²) in [4.78, 5) is 21.3. The van der Waals surface area contributed by atoms with E-state index in [2.05, 4.69) is 15.3 Å². The Morgan fingerprint density at radius 3 is 2.57 bits per heavy atom. The van der Waals surface area contributed by atoms with Gasteiger partial charge in [0.15, 0.2) is 0 Å². The highest BCUT2D eigenvalue weighted by molar-refractivity contribution is 7.89. The van der Waals surface area contributed by atoms with E-state index in [1.165, 1.54) is 30.1 Å². The van der Waals surface area contributed by atoms with Crippen LogP contribution in [0.1, 0.15) is 13.8 Å². The van der Waals surface area contributed by atoms with Crippen molar-refractivity contribution in [2.45, 2.75) is 24.8 Å². The third-order valence-electron chi connectivity index (χ3n) is 4.09. The van der Waals surface area contributed by atoms with Gasteiger partial charge >= 0.3 is 0 Å². The Balaban J connectivity index is 2.30. The van der Waals surface area contributed by atoms with Gasteiger partial charge in [-0.3, -0.25) is 4.79 Å². The van der Waals surface area contributed by atoms with Crippen LogP contribution in [0.4, 0.5) is 5.82 Å². The zero-order valence-corrected chi connectivity index (χ0v) is 16.7. The number of aromatic nitrogens is 3. The van der Waals surface area contributed by atoms with Gasteiger partial charge in [-0.1, -0.05) is 0 Å². The van der Waals surface area contributed by atoms with Gasteiger partial charge in [-0.15, -0.1) is 0 Å². The van der Waals surface area contributed by atoms with Crippen LogP contribution in [0.2, 0.25) is 0 Å². The molecule has 28 heavy (non-hydrogen) atoms. The van der Waals surface area contributed by atoms with Crippen molar-refractivity contribution in [3.63, 3.8) is 0 Å². The summed E-state index contributed by atoms with van der Waals surface area (Å²) in [7, 11) is -1.02. The molecule has 0 saturated heterocycles. The van der Waals surface area contributed by atoms with Gasteiger partial charge in [0.2, 0.25) is 10.0 Å². The standard InChI is InChI=1S/C18H21N5O4S/c1-10(2)21-17-16-13(20-9-23(3)18(16)24)8-12(22-17)11-5-6-14(27-4)15(7-11)28(19,25)26/h5-10H,1-4H3,(H,21,22)(H2,19,25,26). The predicted molar refractivity (Wildman–Crippen MR) is 107 cm³/mol. The van der Waals surface area contributed by atoms with Crippen molar-refractivity contribution >= 4 is 26.7 Å². The molecule has 0 fully saturated rings. The number of nitrogens with one attached hydrogen (secondary N) is 1. The fourth-order valence-corrected chi connectivity index (χ4v) is 3.53. The van der Waals surface area contributed by atoms with Crippen molar-refractivity contribution in [1.82, 2.24) is 14.5 Å². The van der Waals surface area contributed by atoms with E-state index in [1.807, 2.05) is 13.8 Å². The Morgan fingerprint density at radius 1 is 1.25 bits per heavy atom. The van der Waals surface area contributed by atoms with E-state index < -0.39 is 10.0 Å². The van der Waals surface area contributed by atoms with Gasteiger partial charge < -0.3 is 14.6 Å². The summed E-state index contributed by atoms with van der Waals surface area (Å²) >= 11 is 0. The van der Waals surface area contributed by atoms with E-state index in [4.69, 9.17) is 9.88 Å². The first kappa shape index (κ1) is 19.8. The summed E-state index contributed by atoms with van der Waals surface area (Å²) < 4.78 is 30.3. The van der Waals surface area contributed by atoms with Gasteiger partial charge in [0.25, 0.3) is 5.56 Å². The van der Waals surface area contributed by atoms with Gasteiger partial charge in [0.1, 0.15) is 21.8 Å². The quantitative estimate of drug-likeness (QED) is 0.660. The molecule has 2 heterocycles. The maximum Gasteiger partial charge on any atom is 0.264 e. The summed E-state index contributed by atoms with van der Waals surface area (Å²) in [5.74, 6) is 0.517. The highest BCUT2D eigenvalue weighted by Gasteiger charge is 2.18. The van der Waals surface area contributed by atoms with Crippen molar-refractivity contribution < 1.29 is 13.2 Å². The molecule has 9 nitrogen and oxygen atoms in total. The molecule has 0 aliphatic rings. The zero-order chi connectivity index (χ0) is 20.6. The molecule has 0 radical (unpaired) electrons. The molecule has 3 rings (SSSR count). The molecule has 0 saturated carbocycles. The second-order valence-electron chi connectivity index (χ2n) is 6.62. The maximum atomic E-state index is 12.6. The molecular weight excluding hydrogens is 382 g/mol. The van der Waals surface area contributed by atoms with E-state index in [-0.39, 0.29) is 22.2 Å². The molecule has 0 unspecified atom stereocenters. The number of methoxy groups -OCH3 is 1. The number of anilines is 1. The molecule has 0 bridgehead atoms. The number of fused-ring (bicyclic) bond motifs is 1. The lowest BCUT2D eigenvalue weighted by atomic mass is 10.1. The Bertz CT molecular complexity index is 1220. The van der Waals surface area contributed by atoms with Gasteiger partial charge in [0.05, 0.1) is 24.6 Å². The minimum Gasteiger partial charge on any atom is -0.495 e. The number of nitrogens with zero attached hydrogens (tertiary/aromatic N) is 3. The molecule has 0 aliphatic heterocycles. The number of hydrogen-bond acceptors (Lipinski definition) is 7. The molecule has 10 heteroatoms. The zero-order valence-electron chi connectivity index (χ0n) is 15.9. The molecule has 3 aromatic rings. The lowest BCUT2D eigenvalue weighted by molar-refractivity contribution is 0.403. The Morgan fingerprint density at radius 2 is 1.96 bits per heavy atom. The first-order valence-electron chi connectivity index (χ1n) is 8.46. The summed E-state index contributed by atoms with van der Waals surface area (Å²) in [5.41, 5.74) is 1.17. The fourth-order valence-electron chi connectivity index (χ4n) is 2.81. The van der Waals surface area contributed by atoms with Crippen LogP contribution in [0.25, 0.3) is 22.2 Å². The summed E-state index contributed by atoms with van der Waals surface area (Å²) in [6, 6.07) is 6.22. The van der Waals surface area contributed by atoms with Crippen molar-refractivity contribution in [2.75, 3.05) is 12.4 Å². The Kier molecular flexibility index (Phi) is 5.09. The van der Waals surface area contributed by atoms with Crippen LogP contribution in [0.15, 0.2) is 40.3 Å². The average Bonchev–Trinajstić information content (AvgIpc) is 2.62. The van der Waals surface area contributed by atoms with Crippen LogP contribution in [-0.2, 0) is 17.1 Å². The van der Waals surface area contributed by atoms with E-state index in [0.29, 0.717) is 28.0 Å². The molecule has 0 aliphatic carbocycles. The second-order valence-corrected chi connectivity index (χ2v) is 8.15. The fraction of sp³-hybridized carbons (Fsp3) is 0.278. The number of aryl methyl sites for hydroxylation is 1. The third-order valence-corrected chi connectivity index (χ3v) is 5.03. The van der Waals surface area contributed by atoms with Crippen LogP contribution in [0.3, 0.4) is 0 Å². The third kappa shape index (κ3) is 3.69. The van der Waals surface area contributed by atoms with E-state index in [0.717, 1.165) is 0 Å². The number of nitrogens with two attached hydrogens (primary N) is 1. The van der Waals surface area contributed by atoms with Gasteiger partial charge in [-0.05, 0) is 38.1 Å². The lowest BCUT2D eigenvalue weighted by Gasteiger charge is -2.14. The molecule has 0 spiro atoms. The highest BCUT2D eigenvalue weighted by Crippen LogP contribution is 2.30. The first-order chi connectivity index (χ1) is 13.1. The predicted octanol–water partition coefficient (Wildman–Crippen LogP) is 1.47. The van der Waals surface area contributed by atoms with Crippen LogP contribution in [0.5, 0.6) is 5.75 Å². The molecule has 2 aromatic heterocycles. The van der Waals surface area contributed by atoms with Gasteiger partial charge in [-0.25, -0.2) is 23.5 Å². The first-order valence-corrected chi connectivity index (χ1v) is 10.0. The number of sulfonamides is 1. The lowest BCUT2D eigenvalue weighted by Crippen LogP contribution is -2.21. The second kappa shape index (κ2) is 7.21. The highest BCUT2D eigenvalue weighted by atomic mass is 32.2.